The summed E-state index contributed by atoms with van der Waals surface area (Å²) in [5.74, 6) is 0. The minimum absolute atomic E-state index is 0.0523. The normalized spacial score (nSPS) is 14.7. The maximum Gasteiger partial charge on any atom is 0.0620 e. The van der Waals surface area contributed by atoms with Crippen LogP contribution < -0.4 is 4.90 Å². The third kappa shape index (κ3) is 2.29. The number of hydrogen-bond donors (Lipinski definition) is 0. The van der Waals surface area contributed by atoms with Gasteiger partial charge < -0.3 is 9.30 Å². The third-order valence-corrected chi connectivity index (χ3v) is 8.10. The molecule has 2 nitrogen and oxygen atoms in total. The lowest BCUT2D eigenvalue weighted by atomic mass is 9.73. The van der Waals surface area contributed by atoms with Crippen molar-refractivity contribution in [1.82, 2.24) is 4.40 Å². The fourth-order valence-corrected chi connectivity index (χ4v) is 6.51. The van der Waals surface area contributed by atoms with Crippen molar-refractivity contribution in [2.45, 2.75) is 19.3 Å². The van der Waals surface area contributed by atoms with Gasteiger partial charge in [-0.3, -0.25) is 0 Å². The van der Waals surface area contributed by atoms with Crippen molar-refractivity contribution in [2.75, 3.05) is 4.90 Å². The Morgan fingerprint density at radius 2 is 1.09 bits per heavy atom. The minimum Gasteiger partial charge on any atom is -0.310 e. The van der Waals surface area contributed by atoms with Crippen LogP contribution in [0.4, 0.5) is 17.1 Å². The summed E-state index contributed by atoms with van der Waals surface area (Å²) in [5, 5.41) is 5.26. The molecule has 0 saturated heterocycles. The second-order valence-electron chi connectivity index (χ2n) is 10.3. The average molecular weight is 449 g/mol. The summed E-state index contributed by atoms with van der Waals surface area (Å²) in [5.41, 5.74) is 10.2. The van der Waals surface area contributed by atoms with Crippen molar-refractivity contribution >= 4 is 55.2 Å². The van der Waals surface area contributed by atoms with Crippen LogP contribution in [0.2, 0.25) is 0 Å². The Labute approximate surface area is 204 Å². The van der Waals surface area contributed by atoms with E-state index in [1.165, 1.54) is 66.3 Å². The van der Waals surface area contributed by atoms with E-state index in [4.69, 9.17) is 0 Å². The largest absolute Gasteiger partial charge is 0.310 e. The third-order valence-electron chi connectivity index (χ3n) is 8.10. The van der Waals surface area contributed by atoms with E-state index in [2.05, 4.69) is 132 Å². The first-order valence-corrected chi connectivity index (χ1v) is 12.3. The van der Waals surface area contributed by atoms with Crippen molar-refractivity contribution < 1.29 is 0 Å². The van der Waals surface area contributed by atoms with E-state index in [0.29, 0.717) is 0 Å². The first-order chi connectivity index (χ1) is 17.1. The molecule has 0 N–H and O–H groups in total. The van der Waals surface area contributed by atoms with E-state index in [1.807, 2.05) is 0 Å². The first kappa shape index (κ1) is 19.1. The monoisotopic (exact) mass is 448 g/mol. The highest BCUT2D eigenvalue weighted by atomic mass is 15.2. The molecule has 0 aliphatic carbocycles. The second kappa shape index (κ2) is 6.43. The van der Waals surface area contributed by atoms with Crippen molar-refractivity contribution in [3.05, 3.63) is 120 Å². The Balaban J connectivity index is 1.46. The van der Waals surface area contributed by atoms with Crippen LogP contribution in [-0.4, -0.2) is 4.40 Å². The molecule has 1 aliphatic heterocycles. The Hall–Kier alpha value is -4.30. The van der Waals surface area contributed by atoms with Crippen molar-refractivity contribution in [3.8, 4) is 0 Å². The molecule has 0 unspecified atom stereocenters. The zero-order valence-corrected chi connectivity index (χ0v) is 19.8. The van der Waals surface area contributed by atoms with Crippen LogP contribution in [0.15, 0.2) is 109 Å². The summed E-state index contributed by atoms with van der Waals surface area (Å²) in [7, 11) is 0. The first-order valence-electron chi connectivity index (χ1n) is 12.3. The van der Waals surface area contributed by atoms with Gasteiger partial charge in [0.1, 0.15) is 0 Å². The molecule has 35 heavy (non-hydrogen) atoms. The van der Waals surface area contributed by atoms with Gasteiger partial charge >= 0.3 is 0 Å². The fraction of sp³-hybridized carbons (Fsp3) is 0.0909. The van der Waals surface area contributed by atoms with Crippen LogP contribution >= 0.6 is 0 Å². The summed E-state index contributed by atoms with van der Waals surface area (Å²) >= 11 is 0. The Bertz CT molecular complexity index is 1890. The molecular weight excluding hydrogens is 424 g/mol. The number of benzene rings is 5. The van der Waals surface area contributed by atoms with Gasteiger partial charge in [0.2, 0.25) is 0 Å². The molecule has 0 fully saturated rings. The highest BCUT2D eigenvalue weighted by molar-refractivity contribution is 6.23. The highest BCUT2D eigenvalue weighted by Crippen LogP contribution is 2.52. The average Bonchev–Trinajstić information content (AvgIpc) is 3.41. The molecule has 1 aliphatic rings. The van der Waals surface area contributed by atoms with Gasteiger partial charge in [0.15, 0.2) is 0 Å². The number of nitrogens with zero attached hydrogens (tertiary/aromatic N) is 2. The molecule has 166 valence electrons. The summed E-state index contributed by atoms with van der Waals surface area (Å²) in [6.07, 6.45) is 0. The summed E-state index contributed by atoms with van der Waals surface area (Å²) in [6.45, 7) is 4.67. The molecule has 2 heteroatoms. The number of rotatable bonds is 1. The van der Waals surface area contributed by atoms with Gasteiger partial charge in [-0.1, -0.05) is 86.6 Å². The van der Waals surface area contributed by atoms with E-state index in [0.717, 1.165) is 0 Å². The number of para-hydroxylation sites is 4. The molecule has 0 atom stereocenters. The zero-order chi connectivity index (χ0) is 23.3. The van der Waals surface area contributed by atoms with Gasteiger partial charge in [-0.25, -0.2) is 0 Å². The molecule has 0 radical (unpaired) electrons. The molecule has 2 aromatic heterocycles. The van der Waals surface area contributed by atoms with E-state index < -0.39 is 0 Å². The summed E-state index contributed by atoms with van der Waals surface area (Å²) in [4.78, 5) is 2.45. The smallest absolute Gasteiger partial charge is 0.0620 e. The Morgan fingerprint density at radius 1 is 0.514 bits per heavy atom. The molecule has 0 bridgehead atoms. The molecular formula is C33H24N2. The molecule has 3 heterocycles. The van der Waals surface area contributed by atoms with Gasteiger partial charge in [-0.05, 0) is 47.5 Å². The van der Waals surface area contributed by atoms with Crippen LogP contribution in [0, 0.1) is 0 Å². The molecule has 0 amide bonds. The van der Waals surface area contributed by atoms with Crippen LogP contribution in [-0.2, 0) is 5.41 Å². The topological polar surface area (TPSA) is 7.65 Å². The van der Waals surface area contributed by atoms with Crippen molar-refractivity contribution in [2.24, 2.45) is 0 Å². The molecule has 8 rings (SSSR count). The molecule has 0 spiro atoms. The molecule has 7 aromatic rings. The minimum atomic E-state index is -0.0523. The summed E-state index contributed by atoms with van der Waals surface area (Å²) < 4.78 is 2.44. The lowest BCUT2D eigenvalue weighted by Gasteiger charge is -2.42. The number of aromatic nitrogens is 1. The van der Waals surface area contributed by atoms with Gasteiger partial charge in [0.05, 0.1) is 27.9 Å². The van der Waals surface area contributed by atoms with Crippen LogP contribution in [0.25, 0.3) is 38.1 Å². The lowest BCUT2D eigenvalue weighted by molar-refractivity contribution is 0.632. The van der Waals surface area contributed by atoms with Gasteiger partial charge in [0, 0.05) is 32.6 Å². The SMILES string of the molecule is CC1(C)c2ccccc2N(c2ccc3c(c2)c2cccc4c5ccccc5n3c42)c2ccccc21. The quantitative estimate of drug-likeness (QED) is 0.243. The fourth-order valence-electron chi connectivity index (χ4n) is 6.51. The zero-order valence-electron chi connectivity index (χ0n) is 19.8. The van der Waals surface area contributed by atoms with Gasteiger partial charge in [-0.2, -0.15) is 0 Å². The second-order valence-corrected chi connectivity index (χ2v) is 10.3. The van der Waals surface area contributed by atoms with Gasteiger partial charge in [-0.15, -0.1) is 0 Å². The standard InChI is InChI=1S/C33H24N2/c1-33(2)26-13-4-7-16-30(26)34(31-17-8-5-14-27(31)33)21-18-19-29-25(20-21)24-12-9-11-23-22-10-3-6-15-28(22)35(29)32(23)24/h3-20H,1-2H3. The lowest BCUT2D eigenvalue weighted by Crippen LogP contribution is -2.30. The van der Waals surface area contributed by atoms with E-state index in [-0.39, 0.29) is 5.41 Å². The van der Waals surface area contributed by atoms with Gasteiger partial charge in [0.25, 0.3) is 0 Å². The Kier molecular flexibility index (Phi) is 3.50. The van der Waals surface area contributed by atoms with E-state index in [1.54, 1.807) is 0 Å². The van der Waals surface area contributed by atoms with Crippen LogP contribution in [0.1, 0.15) is 25.0 Å². The van der Waals surface area contributed by atoms with Crippen LogP contribution in [0.3, 0.4) is 0 Å². The predicted molar refractivity (Wildman–Crippen MR) is 148 cm³/mol. The molecule has 5 aromatic carbocycles. The molecule has 0 saturated carbocycles. The maximum absolute atomic E-state index is 2.45. The van der Waals surface area contributed by atoms with Crippen molar-refractivity contribution in [1.29, 1.82) is 0 Å². The van der Waals surface area contributed by atoms with Crippen LogP contribution in [0.5, 0.6) is 0 Å². The van der Waals surface area contributed by atoms with E-state index in [9.17, 15) is 0 Å². The highest BCUT2D eigenvalue weighted by Gasteiger charge is 2.36. The summed E-state index contributed by atoms with van der Waals surface area (Å²) in [6, 6.07) is 40.2. The van der Waals surface area contributed by atoms with Crippen molar-refractivity contribution in [3.63, 3.8) is 0 Å². The number of fused-ring (bicyclic) bond motifs is 8. The number of hydrogen-bond acceptors (Lipinski definition) is 1. The van der Waals surface area contributed by atoms with E-state index >= 15 is 0 Å². The Morgan fingerprint density at radius 3 is 1.83 bits per heavy atom. The predicted octanol–water partition coefficient (Wildman–Crippen LogP) is 8.95. The number of anilines is 3. The maximum atomic E-state index is 2.45.